The van der Waals surface area contributed by atoms with Crippen molar-refractivity contribution in [3.05, 3.63) is 74.1 Å². The highest BCUT2D eigenvalue weighted by Gasteiger charge is 2.21. The van der Waals surface area contributed by atoms with E-state index in [0.29, 0.717) is 5.82 Å². The van der Waals surface area contributed by atoms with Gasteiger partial charge in [0.25, 0.3) is 17.3 Å². The first-order valence-corrected chi connectivity index (χ1v) is 7.54. The molecule has 1 unspecified atom stereocenters. The first-order chi connectivity index (χ1) is 12.3. The molecule has 1 atom stereocenters. The normalized spacial score (nSPS) is 11.9. The topological polar surface area (TPSA) is 144 Å². The molecule has 1 heterocycles. The number of carbonyl (C=O) groups excluding carboxylic acids is 1. The van der Waals surface area contributed by atoms with E-state index in [4.69, 9.17) is 0 Å². The Kier molecular flexibility index (Phi) is 4.31. The molecule has 3 aromatic rings. The molecule has 2 N–H and O–H groups in total. The second kappa shape index (κ2) is 6.59. The van der Waals surface area contributed by atoms with E-state index >= 15 is 0 Å². The van der Waals surface area contributed by atoms with Crippen molar-refractivity contribution in [2.75, 3.05) is 0 Å². The third-order valence-corrected chi connectivity index (χ3v) is 3.75. The number of hydrogen-bond acceptors (Lipinski definition) is 6. The van der Waals surface area contributed by atoms with Gasteiger partial charge in [-0.1, -0.05) is 12.1 Å². The molecule has 10 heteroatoms. The zero-order valence-electron chi connectivity index (χ0n) is 13.5. The summed E-state index contributed by atoms with van der Waals surface area (Å²) in [5, 5.41) is 24.5. The summed E-state index contributed by atoms with van der Waals surface area (Å²) in [5.74, 6) is -0.177. The van der Waals surface area contributed by atoms with E-state index in [0.717, 1.165) is 29.2 Å². The molecule has 0 saturated heterocycles. The maximum Gasteiger partial charge on any atom is 0.277 e. The Labute approximate surface area is 146 Å². The molecule has 0 bridgehead atoms. The summed E-state index contributed by atoms with van der Waals surface area (Å²) >= 11 is 0. The summed E-state index contributed by atoms with van der Waals surface area (Å²) in [6.45, 7) is 1.68. The standard InChI is InChI=1S/C16H13N5O5/c1-9(15-18-13-4-2-3-5-14(13)19-15)17-16(22)10-6-11(20(23)24)8-12(7-10)21(25)26/h2-9H,1H3,(H,17,22)(H,18,19). The molecule has 3 rings (SSSR count). The number of para-hydroxylation sites is 2. The Balaban J connectivity index is 1.86. The summed E-state index contributed by atoms with van der Waals surface area (Å²) < 4.78 is 0. The van der Waals surface area contributed by atoms with Crippen molar-refractivity contribution in [2.45, 2.75) is 13.0 Å². The maximum absolute atomic E-state index is 12.4. The number of benzene rings is 2. The van der Waals surface area contributed by atoms with Gasteiger partial charge in [-0.25, -0.2) is 4.98 Å². The smallest absolute Gasteiger partial charge is 0.277 e. The van der Waals surface area contributed by atoms with Crippen LogP contribution in [-0.4, -0.2) is 25.7 Å². The van der Waals surface area contributed by atoms with Crippen molar-refractivity contribution in [1.82, 2.24) is 15.3 Å². The van der Waals surface area contributed by atoms with E-state index < -0.39 is 33.2 Å². The van der Waals surface area contributed by atoms with Gasteiger partial charge < -0.3 is 10.3 Å². The number of H-pyrrole nitrogens is 1. The molecule has 0 spiro atoms. The average Bonchev–Trinajstić information content (AvgIpc) is 3.05. The third kappa shape index (κ3) is 3.34. The number of imidazole rings is 1. The molecule has 1 aromatic heterocycles. The van der Waals surface area contributed by atoms with Crippen LogP contribution < -0.4 is 5.32 Å². The summed E-state index contributed by atoms with van der Waals surface area (Å²) in [4.78, 5) is 40.1. The van der Waals surface area contributed by atoms with Crippen LogP contribution in [0.1, 0.15) is 29.1 Å². The van der Waals surface area contributed by atoms with Crippen LogP contribution in [0.3, 0.4) is 0 Å². The summed E-state index contributed by atoms with van der Waals surface area (Å²) in [6, 6.07) is 9.58. The van der Waals surface area contributed by atoms with Crippen LogP contribution in [0, 0.1) is 20.2 Å². The number of nitrogens with zero attached hydrogens (tertiary/aromatic N) is 3. The van der Waals surface area contributed by atoms with Gasteiger partial charge in [0.05, 0.1) is 38.6 Å². The lowest BCUT2D eigenvalue weighted by Crippen LogP contribution is -2.27. The summed E-state index contributed by atoms with van der Waals surface area (Å²) in [6.07, 6.45) is 0. The van der Waals surface area contributed by atoms with E-state index in [1.807, 2.05) is 24.3 Å². The molecule has 0 aliphatic carbocycles. The molecule has 0 radical (unpaired) electrons. The Bertz CT molecular complexity index is 964. The maximum atomic E-state index is 12.4. The largest absolute Gasteiger partial charge is 0.342 e. The number of aromatic amines is 1. The lowest BCUT2D eigenvalue weighted by molar-refractivity contribution is -0.394. The fourth-order valence-electron chi connectivity index (χ4n) is 2.46. The van der Waals surface area contributed by atoms with Crippen molar-refractivity contribution >= 4 is 28.3 Å². The van der Waals surface area contributed by atoms with Crippen LogP contribution in [0.25, 0.3) is 11.0 Å². The van der Waals surface area contributed by atoms with Crippen LogP contribution in [0.15, 0.2) is 42.5 Å². The molecule has 0 aliphatic rings. The zero-order chi connectivity index (χ0) is 18.8. The monoisotopic (exact) mass is 355 g/mol. The minimum atomic E-state index is -0.785. The van der Waals surface area contributed by atoms with E-state index in [1.165, 1.54) is 0 Å². The lowest BCUT2D eigenvalue weighted by atomic mass is 10.1. The Morgan fingerprint density at radius 1 is 1.12 bits per heavy atom. The molecule has 26 heavy (non-hydrogen) atoms. The predicted octanol–water partition coefficient (Wildman–Crippen LogP) is 2.87. The number of aromatic nitrogens is 2. The van der Waals surface area contributed by atoms with Gasteiger partial charge in [0.15, 0.2) is 0 Å². The number of amides is 1. The molecule has 10 nitrogen and oxygen atoms in total. The third-order valence-electron chi connectivity index (χ3n) is 3.75. The van der Waals surface area contributed by atoms with Gasteiger partial charge in [-0.05, 0) is 19.1 Å². The van der Waals surface area contributed by atoms with Crippen molar-refractivity contribution < 1.29 is 14.6 Å². The Hall–Kier alpha value is -3.82. The molecule has 0 saturated carbocycles. The molecule has 132 valence electrons. The van der Waals surface area contributed by atoms with Gasteiger partial charge >= 0.3 is 0 Å². The first kappa shape index (κ1) is 17.0. The van der Waals surface area contributed by atoms with Crippen LogP contribution >= 0.6 is 0 Å². The highest BCUT2D eigenvalue weighted by Crippen LogP contribution is 2.23. The number of nitrogens with one attached hydrogen (secondary N) is 2. The van der Waals surface area contributed by atoms with Crippen LogP contribution in [0.4, 0.5) is 11.4 Å². The van der Waals surface area contributed by atoms with Crippen molar-refractivity contribution in [3.63, 3.8) is 0 Å². The van der Waals surface area contributed by atoms with Gasteiger partial charge in [-0.2, -0.15) is 0 Å². The Morgan fingerprint density at radius 3 is 2.31 bits per heavy atom. The van der Waals surface area contributed by atoms with Crippen LogP contribution in [0.2, 0.25) is 0 Å². The average molecular weight is 355 g/mol. The number of rotatable bonds is 5. The van der Waals surface area contributed by atoms with Gasteiger partial charge in [-0.3, -0.25) is 25.0 Å². The van der Waals surface area contributed by atoms with E-state index in [2.05, 4.69) is 15.3 Å². The lowest BCUT2D eigenvalue weighted by Gasteiger charge is -2.11. The molecule has 0 fully saturated rings. The first-order valence-electron chi connectivity index (χ1n) is 7.54. The summed E-state index contributed by atoms with van der Waals surface area (Å²) in [7, 11) is 0. The second-order valence-electron chi connectivity index (χ2n) is 5.59. The zero-order valence-corrected chi connectivity index (χ0v) is 13.5. The molecule has 0 aliphatic heterocycles. The SMILES string of the molecule is CC(NC(=O)c1cc([N+](=O)[O-])cc([N+](=O)[O-])c1)c1nc2ccccc2[nH]1. The van der Waals surface area contributed by atoms with Crippen LogP contribution in [-0.2, 0) is 0 Å². The fraction of sp³-hybridized carbons (Fsp3) is 0.125. The quantitative estimate of drug-likeness (QED) is 0.532. The predicted molar refractivity (Wildman–Crippen MR) is 91.7 cm³/mol. The van der Waals surface area contributed by atoms with Crippen molar-refractivity contribution in [1.29, 1.82) is 0 Å². The number of nitro benzene ring substituents is 2. The molecular weight excluding hydrogens is 342 g/mol. The number of non-ortho nitro benzene ring substituents is 2. The minimum absolute atomic E-state index is 0.172. The number of hydrogen-bond donors (Lipinski definition) is 2. The van der Waals surface area contributed by atoms with Gasteiger partial charge in [0, 0.05) is 12.1 Å². The number of nitro groups is 2. The fourth-order valence-corrected chi connectivity index (χ4v) is 2.46. The minimum Gasteiger partial charge on any atom is -0.342 e. The number of carbonyl (C=O) groups is 1. The molecule has 2 aromatic carbocycles. The van der Waals surface area contributed by atoms with Gasteiger partial charge in [-0.15, -0.1) is 0 Å². The van der Waals surface area contributed by atoms with E-state index in [-0.39, 0.29) is 5.56 Å². The molecule has 1 amide bonds. The van der Waals surface area contributed by atoms with Gasteiger partial charge in [0.1, 0.15) is 5.82 Å². The second-order valence-corrected chi connectivity index (χ2v) is 5.59. The van der Waals surface area contributed by atoms with Crippen LogP contribution in [0.5, 0.6) is 0 Å². The van der Waals surface area contributed by atoms with E-state index in [1.54, 1.807) is 6.92 Å². The van der Waals surface area contributed by atoms with Gasteiger partial charge in [0.2, 0.25) is 0 Å². The van der Waals surface area contributed by atoms with Crippen molar-refractivity contribution in [2.24, 2.45) is 0 Å². The number of fused-ring (bicyclic) bond motifs is 1. The highest BCUT2D eigenvalue weighted by atomic mass is 16.6. The van der Waals surface area contributed by atoms with Crippen molar-refractivity contribution in [3.8, 4) is 0 Å². The van der Waals surface area contributed by atoms with E-state index in [9.17, 15) is 25.0 Å². The highest BCUT2D eigenvalue weighted by molar-refractivity contribution is 5.95. The Morgan fingerprint density at radius 2 is 1.73 bits per heavy atom. The molecular formula is C16H13N5O5. The summed E-state index contributed by atoms with van der Waals surface area (Å²) in [5.41, 5.74) is 0.305.